The number of rotatable bonds is 9. The van der Waals surface area contributed by atoms with Gasteiger partial charge in [-0.1, -0.05) is 23.2 Å². The number of ether oxygens (including phenoxy) is 2. The number of likely N-dealkylation sites (tertiary alicyclic amines) is 1. The molecule has 2 fully saturated rings. The highest BCUT2D eigenvalue weighted by molar-refractivity contribution is 6.35. The normalized spacial score (nSPS) is 15.6. The Morgan fingerprint density at radius 1 is 0.933 bits per heavy atom. The van der Waals surface area contributed by atoms with Gasteiger partial charge in [-0.15, -0.1) is 24.8 Å². The number of piperazine rings is 1. The molecule has 2 aliphatic heterocycles. The molecule has 2 N–H and O–H groups in total. The standard InChI is InChI=1S/C30H35Cl2N7O4.2ClH/c1-42-29(41)12-20-2-4-37(5-3-20)19-21-10-26(22-13-23(31)15-24(32)14-22)36-27(11-21)43-25-17-34-30(35-18-25)39-8-6-38(7-9-39)28(40)16-33;;/h10-11,13-15,17-18,20H,2-9,12,16,19,33H2,1H3;2*1H. The molecule has 5 rings (SSSR count). The summed E-state index contributed by atoms with van der Waals surface area (Å²) < 4.78 is 11.0. The lowest BCUT2D eigenvalue weighted by Crippen LogP contribution is -2.50. The van der Waals surface area contributed by atoms with Gasteiger partial charge in [0.15, 0.2) is 5.75 Å². The van der Waals surface area contributed by atoms with E-state index in [4.69, 9.17) is 43.4 Å². The average molecular weight is 701 g/mol. The third kappa shape index (κ3) is 10.0. The van der Waals surface area contributed by atoms with Crippen LogP contribution in [0.25, 0.3) is 11.3 Å². The van der Waals surface area contributed by atoms with Crippen molar-refractivity contribution in [2.45, 2.75) is 25.8 Å². The predicted molar refractivity (Wildman–Crippen MR) is 179 cm³/mol. The van der Waals surface area contributed by atoms with Gasteiger partial charge >= 0.3 is 5.97 Å². The van der Waals surface area contributed by atoms with Crippen LogP contribution in [0.3, 0.4) is 0 Å². The lowest BCUT2D eigenvalue weighted by Gasteiger charge is -2.34. The summed E-state index contributed by atoms with van der Waals surface area (Å²) in [6.07, 6.45) is 5.57. The van der Waals surface area contributed by atoms with E-state index in [1.165, 1.54) is 7.11 Å². The van der Waals surface area contributed by atoms with Crippen molar-refractivity contribution in [3.05, 3.63) is 58.3 Å². The molecule has 0 spiro atoms. The van der Waals surface area contributed by atoms with Gasteiger partial charge in [-0.25, -0.2) is 15.0 Å². The van der Waals surface area contributed by atoms with Crippen LogP contribution in [0.4, 0.5) is 5.95 Å². The number of carbonyl (C=O) groups excluding carboxylic acids is 2. The molecule has 3 aromatic rings. The zero-order chi connectivity index (χ0) is 30.3. The van der Waals surface area contributed by atoms with Crippen molar-refractivity contribution in [2.24, 2.45) is 11.7 Å². The van der Waals surface area contributed by atoms with Gasteiger partial charge in [-0.2, -0.15) is 0 Å². The van der Waals surface area contributed by atoms with E-state index in [9.17, 15) is 9.59 Å². The van der Waals surface area contributed by atoms with Crippen LogP contribution >= 0.6 is 48.0 Å². The van der Waals surface area contributed by atoms with Crippen molar-refractivity contribution in [2.75, 3.05) is 57.8 Å². The summed E-state index contributed by atoms with van der Waals surface area (Å²) in [6.45, 7) is 4.87. The maximum Gasteiger partial charge on any atom is 0.305 e. The van der Waals surface area contributed by atoms with Gasteiger partial charge in [-0.3, -0.25) is 14.5 Å². The maximum absolute atomic E-state index is 11.9. The smallest absolute Gasteiger partial charge is 0.305 e. The number of amides is 1. The van der Waals surface area contributed by atoms with Crippen LogP contribution in [-0.4, -0.2) is 89.6 Å². The molecule has 0 radical (unpaired) electrons. The summed E-state index contributed by atoms with van der Waals surface area (Å²) >= 11 is 12.6. The number of benzene rings is 1. The molecule has 15 heteroatoms. The minimum Gasteiger partial charge on any atom is -0.469 e. The topological polar surface area (TPSA) is 127 Å². The predicted octanol–water partition coefficient (Wildman–Crippen LogP) is 4.86. The van der Waals surface area contributed by atoms with Crippen LogP contribution in [0.2, 0.25) is 10.0 Å². The van der Waals surface area contributed by atoms with Crippen LogP contribution in [0.1, 0.15) is 24.8 Å². The van der Waals surface area contributed by atoms with Crippen LogP contribution in [0.5, 0.6) is 11.6 Å². The van der Waals surface area contributed by atoms with Crippen molar-refractivity contribution in [3.63, 3.8) is 0 Å². The van der Waals surface area contributed by atoms with Crippen molar-refractivity contribution < 1.29 is 19.1 Å². The third-order valence-electron chi connectivity index (χ3n) is 7.74. The van der Waals surface area contributed by atoms with Gasteiger partial charge in [0.1, 0.15) is 0 Å². The Balaban J connectivity index is 0.00000276. The van der Waals surface area contributed by atoms with E-state index < -0.39 is 0 Å². The number of carbonyl (C=O) groups is 2. The van der Waals surface area contributed by atoms with Crippen molar-refractivity contribution in [1.29, 1.82) is 0 Å². The Morgan fingerprint density at radius 2 is 1.58 bits per heavy atom. The Hall–Kier alpha value is -2.93. The Kier molecular flexibility index (Phi) is 13.9. The van der Waals surface area contributed by atoms with E-state index in [1.54, 1.807) is 23.4 Å². The second-order valence-electron chi connectivity index (χ2n) is 10.7. The average Bonchev–Trinajstić information content (AvgIpc) is 3.01. The van der Waals surface area contributed by atoms with Gasteiger partial charge in [0.25, 0.3) is 0 Å². The van der Waals surface area contributed by atoms with Crippen LogP contribution in [0, 0.1) is 5.92 Å². The minimum absolute atomic E-state index is 0. The Morgan fingerprint density at radius 3 is 2.18 bits per heavy atom. The monoisotopic (exact) mass is 699 g/mol. The lowest BCUT2D eigenvalue weighted by molar-refractivity contribution is -0.142. The van der Waals surface area contributed by atoms with Crippen molar-refractivity contribution >= 4 is 65.8 Å². The summed E-state index contributed by atoms with van der Waals surface area (Å²) in [5, 5.41) is 1.03. The first-order chi connectivity index (χ1) is 20.8. The van der Waals surface area contributed by atoms with Gasteiger partial charge in [-0.05, 0) is 61.7 Å². The SMILES string of the molecule is COC(=O)CC1CCN(Cc2cc(Oc3cnc(N4CCN(C(=O)CN)CC4)nc3)nc(-c3cc(Cl)cc(Cl)c3)c2)CC1.Cl.Cl. The first kappa shape index (κ1) is 36.5. The second kappa shape index (κ2) is 17.1. The summed E-state index contributed by atoms with van der Waals surface area (Å²) in [6, 6.07) is 9.25. The number of anilines is 1. The highest BCUT2D eigenvalue weighted by Crippen LogP contribution is 2.31. The molecular weight excluding hydrogens is 664 g/mol. The first-order valence-electron chi connectivity index (χ1n) is 14.3. The van der Waals surface area contributed by atoms with Crippen molar-refractivity contribution in [3.8, 4) is 22.9 Å². The van der Waals surface area contributed by atoms with Crippen LogP contribution in [-0.2, 0) is 20.9 Å². The number of halogens is 4. The molecule has 0 bridgehead atoms. The number of aromatic nitrogens is 3. The molecule has 4 heterocycles. The summed E-state index contributed by atoms with van der Waals surface area (Å²) in [5.41, 5.74) is 7.96. The number of esters is 1. The van der Waals surface area contributed by atoms with Crippen LogP contribution < -0.4 is 15.4 Å². The van der Waals surface area contributed by atoms with E-state index in [0.717, 1.165) is 37.1 Å². The molecule has 244 valence electrons. The second-order valence-corrected chi connectivity index (χ2v) is 11.6. The molecule has 2 aliphatic rings. The number of methoxy groups -OCH3 is 1. The molecule has 2 saturated heterocycles. The van der Waals surface area contributed by atoms with E-state index in [2.05, 4.69) is 14.9 Å². The number of nitrogens with two attached hydrogens (primary N) is 1. The lowest BCUT2D eigenvalue weighted by atomic mass is 9.93. The molecular formula is C30H37Cl4N7O4. The van der Waals surface area contributed by atoms with E-state index in [-0.39, 0.29) is 43.2 Å². The number of piperidine rings is 1. The van der Waals surface area contributed by atoms with Gasteiger partial charge in [0, 0.05) is 60.8 Å². The molecule has 1 amide bonds. The van der Waals surface area contributed by atoms with Crippen LogP contribution in [0.15, 0.2) is 42.7 Å². The summed E-state index contributed by atoms with van der Waals surface area (Å²) in [7, 11) is 1.43. The van der Waals surface area contributed by atoms with Crippen molar-refractivity contribution in [1.82, 2.24) is 24.8 Å². The number of hydrogen-bond acceptors (Lipinski definition) is 10. The van der Waals surface area contributed by atoms with Gasteiger partial charge in [0.2, 0.25) is 17.7 Å². The van der Waals surface area contributed by atoms with Gasteiger partial charge < -0.3 is 25.0 Å². The van der Waals surface area contributed by atoms with E-state index in [0.29, 0.717) is 78.4 Å². The fraction of sp³-hybridized carbons (Fsp3) is 0.433. The molecule has 0 atom stereocenters. The largest absolute Gasteiger partial charge is 0.469 e. The molecule has 0 unspecified atom stereocenters. The summed E-state index contributed by atoms with van der Waals surface area (Å²) in [4.78, 5) is 43.5. The summed E-state index contributed by atoms with van der Waals surface area (Å²) in [5.74, 6) is 1.54. The molecule has 11 nitrogen and oxygen atoms in total. The van der Waals surface area contributed by atoms with Gasteiger partial charge in [0.05, 0.1) is 31.7 Å². The molecule has 45 heavy (non-hydrogen) atoms. The molecule has 2 aromatic heterocycles. The Labute approximate surface area is 285 Å². The molecule has 0 saturated carbocycles. The third-order valence-corrected chi connectivity index (χ3v) is 8.18. The minimum atomic E-state index is -0.155. The molecule has 0 aliphatic carbocycles. The maximum atomic E-state index is 11.9. The van der Waals surface area contributed by atoms with E-state index >= 15 is 0 Å². The molecule has 1 aromatic carbocycles. The quantitative estimate of drug-likeness (QED) is 0.309. The number of nitrogens with zero attached hydrogens (tertiary/aromatic N) is 6. The number of pyridine rings is 1. The highest BCUT2D eigenvalue weighted by atomic mass is 35.5. The number of hydrogen-bond donors (Lipinski definition) is 1. The fourth-order valence-corrected chi connectivity index (χ4v) is 5.94. The highest BCUT2D eigenvalue weighted by Gasteiger charge is 2.23. The first-order valence-corrected chi connectivity index (χ1v) is 15.0. The van der Waals surface area contributed by atoms with E-state index in [1.807, 2.05) is 29.2 Å². The fourth-order valence-electron chi connectivity index (χ4n) is 5.41. The zero-order valence-corrected chi connectivity index (χ0v) is 28.0. The zero-order valence-electron chi connectivity index (χ0n) is 24.9. The Bertz CT molecular complexity index is 1410.